The summed E-state index contributed by atoms with van der Waals surface area (Å²) < 4.78 is 12.3. The lowest BCUT2D eigenvalue weighted by molar-refractivity contribution is -0.272. The molecule has 0 spiro atoms. The molecule has 38 heavy (non-hydrogen) atoms. The van der Waals surface area contributed by atoms with Crippen molar-refractivity contribution in [2.45, 2.75) is 50.4 Å². The first-order valence-corrected chi connectivity index (χ1v) is 13.2. The van der Waals surface area contributed by atoms with Gasteiger partial charge in [-0.1, -0.05) is 36.8 Å². The van der Waals surface area contributed by atoms with E-state index in [1.165, 1.54) is 4.90 Å². The molecule has 202 valence electrons. The Hall–Kier alpha value is -3.43. The molecule has 9 heteroatoms. The van der Waals surface area contributed by atoms with Gasteiger partial charge in [0.15, 0.2) is 5.79 Å². The van der Waals surface area contributed by atoms with E-state index in [-0.39, 0.29) is 43.6 Å². The summed E-state index contributed by atoms with van der Waals surface area (Å²) in [5.74, 6) is -4.84. The van der Waals surface area contributed by atoms with Crippen molar-refractivity contribution in [2.24, 2.45) is 23.7 Å². The molecule has 9 nitrogen and oxygen atoms in total. The van der Waals surface area contributed by atoms with E-state index in [2.05, 4.69) is 0 Å². The molecular weight excluding hydrogens is 490 g/mol. The lowest BCUT2D eigenvalue weighted by Crippen LogP contribution is -2.55. The molecule has 2 heterocycles. The van der Waals surface area contributed by atoms with Gasteiger partial charge in [0.1, 0.15) is 11.5 Å². The van der Waals surface area contributed by atoms with E-state index in [0.29, 0.717) is 37.0 Å². The third-order valence-corrected chi connectivity index (χ3v) is 8.16. The van der Waals surface area contributed by atoms with E-state index in [4.69, 9.17) is 14.6 Å². The van der Waals surface area contributed by atoms with Gasteiger partial charge in [-0.25, -0.2) is 0 Å². The number of carbonyl (C=O) groups excluding carboxylic acids is 2. The van der Waals surface area contributed by atoms with Crippen LogP contribution in [-0.2, 0) is 19.1 Å². The average molecular weight is 524 g/mol. The summed E-state index contributed by atoms with van der Waals surface area (Å²) in [6.45, 7) is 0.348. The minimum absolute atomic E-state index is 0.0547. The predicted octanol–water partition coefficient (Wildman–Crippen LogP) is 3.50. The maximum absolute atomic E-state index is 13.6. The topological polar surface area (TPSA) is 134 Å². The Morgan fingerprint density at radius 1 is 1.03 bits per heavy atom. The molecule has 2 saturated heterocycles. The third kappa shape index (κ3) is 5.00. The normalized spacial score (nSPS) is 30.2. The molecule has 3 fully saturated rings. The first-order chi connectivity index (χ1) is 18.3. The number of unbranched alkanes of at least 4 members (excludes halogenated alkanes) is 2. The molecule has 0 bridgehead atoms. The number of para-hydroxylation sites is 1. The number of likely N-dealkylation sites (tertiary alicyclic amines) is 1. The molecule has 0 aromatic heterocycles. The van der Waals surface area contributed by atoms with E-state index in [1.54, 1.807) is 18.2 Å². The van der Waals surface area contributed by atoms with Gasteiger partial charge in [-0.2, -0.15) is 0 Å². The number of imide groups is 1. The Balaban J connectivity index is 1.38. The number of hydrogen-bond acceptors (Lipinski definition) is 7. The molecule has 5 rings (SSSR count). The summed E-state index contributed by atoms with van der Waals surface area (Å²) >= 11 is 0. The molecule has 3 aliphatic rings. The largest absolute Gasteiger partial charge is 0.508 e. The molecule has 2 aliphatic heterocycles. The first-order valence-electron chi connectivity index (χ1n) is 13.2. The Kier molecular flexibility index (Phi) is 7.40. The minimum Gasteiger partial charge on any atom is -0.508 e. The van der Waals surface area contributed by atoms with Gasteiger partial charge in [-0.15, -0.1) is 0 Å². The van der Waals surface area contributed by atoms with Crippen LogP contribution in [0.4, 0.5) is 0 Å². The van der Waals surface area contributed by atoms with Crippen molar-refractivity contribution >= 4 is 17.8 Å². The smallest absolute Gasteiger partial charge is 0.303 e. The number of carboxylic acid groups (broad SMARTS) is 1. The van der Waals surface area contributed by atoms with Crippen LogP contribution in [0.5, 0.6) is 11.5 Å². The molecule has 0 radical (unpaired) electrons. The number of phenols is 1. The number of carbonyl (C=O) groups is 3. The van der Waals surface area contributed by atoms with Crippen molar-refractivity contribution in [3.63, 3.8) is 0 Å². The Bertz CT molecular complexity index is 1190. The van der Waals surface area contributed by atoms with Crippen LogP contribution in [0.15, 0.2) is 54.6 Å². The molecule has 6 atom stereocenters. The van der Waals surface area contributed by atoms with Crippen molar-refractivity contribution < 1.29 is 39.2 Å². The van der Waals surface area contributed by atoms with Crippen LogP contribution < -0.4 is 4.74 Å². The van der Waals surface area contributed by atoms with E-state index < -0.39 is 41.5 Å². The van der Waals surface area contributed by atoms with Crippen molar-refractivity contribution in [1.29, 1.82) is 0 Å². The van der Waals surface area contributed by atoms with Gasteiger partial charge in [-0.05, 0) is 55.5 Å². The van der Waals surface area contributed by atoms with Gasteiger partial charge in [0.05, 0.1) is 24.5 Å². The van der Waals surface area contributed by atoms with E-state index in [9.17, 15) is 24.6 Å². The summed E-state index contributed by atoms with van der Waals surface area (Å²) in [6, 6.07) is 15.9. The van der Waals surface area contributed by atoms with Crippen molar-refractivity contribution in [3.05, 3.63) is 60.2 Å². The van der Waals surface area contributed by atoms with Crippen LogP contribution in [0, 0.1) is 23.7 Å². The number of carboxylic acids is 1. The predicted molar refractivity (Wildman–Crippen MR) is 135 cm³/mol. The highest BCUT2D eigenvalue weighted by Gasteiger charge is 2.66. The van der Waals surface area contributed by atoms with Crippen LogP contribution in [0.25, 0.3) is 0 Å². The third-order valence-electron chi connectivity index (χ3n) is 8.16. The molecule has 0 unspecified atom stereocenters. The van der Waals surface area contributed by atoms with Gasteiger partial charge < -0.3 is 24.8 Å². The fourth-order valence-corrected chi connectivity index (χ4v) is 6.33. The number of fused-ring (bicyclic) bond motifs is 3. The number of ether oxygens (including phenoxy) is 2. The number of rotatable bonds is 10. The maximum atomic E-state index is 13.6. The SMILES string of the molecule is O=C(O)CCCCCN1C(=O)[C@H]2[C@H](C[C@H](COc3ccccc3)[C@@]3(O)O[C@H](c4cccc(O)c4)C[C@@H]23)C1=O. The van der Waals surface area contributed by atoms with Crippen LogP contribution in [0.3, 0.4) is 0 Å². The van der Waals surface area contributed by atoms with Crippen molar-refractivity contribution in [1.82, 2.24) is 4.90 Å². The Morgan fingerprint density at radius 2 is 1.82 bits per heavy atom. The van der Waals surface area contributed by atoms with Crippen LogP contribution in [0.1, 0.15) is 50.2 Å². The van der Waals surface area contributed by atoms with E-state index >= 15 is 0 Å². The Morgan fingerprint density at radius 3 is 2.55 bits per heavy atom. The number of phenolic OH excluding ortho intramolecular Hbond substituents is 1. The Labute approximate surface area is 221 Å². The zero-order chi connectivity index (χ0) is 26.9. The molecule has 3 N–H and O–H groups in total. The molecule has 1 saturated carbocycles. The summed E-state index contributed by atoms with van der Waals surface area (Å²) in [5.41, 5.74) is 0.694. The lowest BCUT2D eigenvalue weighted by atomic mass is 9.64. The molecular formula is C29H33NO8. The van der Waals surface area contributed by atoms with Crippen LogP contribution >= 0.6 is 0 Å². The molecule has 2 aromatic rings. The number of aliphatic hydroxyl groups is 1. The van der Waals surface area contributed by atoms with Gasteiger partial charge in [0, 0.05) is 24.8 Å². The number of hydrogen-bond donors (Lipinski definition) is 3. The van der Waals surface area contributed by atoms with Crippen molar-refractivity contribution in [3.8, 4) is 11.5 Å². The maximum Gasteiger partial charge on any atom is 0.303 e. The molecule has 1 aliphatic carbocycles. The fourth-order valence-electron chi connectivity index (χ4n) is 6.33. The van der Waals surface area contributed by atoms with Gasteiger partial charge in [-0.3, -0.25) is 19.3 Å². The van der Waals surface area contributed by atoms with E-state index in [1.807, 2.05) is 36.4 Å². The quantitative estimate of drug-likeness (QED) is 0.318. The van der Waals surface area contributed by atoms with Crippen LogP contribution in [0.2, 0.25) is 0 Å². The molecule has 2 aromatic carbocycles. The number of benzene rings is 2. The molecule has 2 amide bonds. The zero-order valence-corrected chi connectivity index (χ0v) is 21.1. The number of aliphatic carboxylic acids is 1. The summed E-state index contributed by atoms with van der Waals surface area (Å²) in [6.07, 6.45) is 1.69. The average Bonchev–Trinajstić information content (AvgIpc) is 3.37. The fraction of sp³-hybridized carbons (Fsp3) is 0.483. The summed E-state index contributed by atoms with van der Waals surface area (Å²) in [4.78, 5) is 39.1. The van der Waals surface area contributed by atoms with E-state index in [0.717, 1.165) is 0 Å². The summed E-state index contributed by atoms with van der Waals surface area (Å²) in [7, 11) is 0. The minimum atomic E-state index is -1.68. The van der Waals surface area contributed by atoms with Gasteiger partial charge >= 0.3 is 5.97 Å². The second-order valence-electron chi connectivity index (χ2n) is 10.5. The second-order valence-corrected chi connectivity index (χ2v) is 10.5. The number of nitrogens with zero attached hydrogens (tertiary/aromatic N) is 1. The van der Waals surface area contributed by atoms with Gasteiger partial charge in [0.25, 0.3) is 0 Å². The highest BCUT2D eigenvalue weighted by molar-refractivity contribution is 6.05. The second kappa shape index (κ2) is 10.7. The number of amides is 2. The first kappa shape index (κ1) is 26.2. The van der Waals surface area contributed by atoms with Gasteiger partial charge in [0.2, 0.25) is 11.8 Å². The standard InChI is InChI=1S/C29H33NO8/c31-20-9-7-8-18(14-20)24-16-23-26-22(27(34)30(28(26)35)13-6-2-5-12-25(32)33)15-19(29(23,36)38-24)17-37-21-10-3-1-4-11-21/h1,3-4,7-11,14,19,22-24,26,31,36H,2,5-6,12-13,15-17H2,(H,32,33)/t19-,22+,23+,24+,26+,29-/m1/s1. The highest BCUT2D eigenvalue weighted by Crippen LogP contribution is 2.58. The lowest BCUT2D eigenvalue weighted by Gasteiger charge is -2.44. The van der Waals surface area contributed by atoms with Crippen LogP contribution in [-0.4, -0.2) is 56.9 Å². The highest BCUT2D eigenvalue weighted by atomic mass is 16.6. The van der Waals surface area contributed by atoms with Crippen molar-refractivity contribution in [2.75, 3.05) is 13.2 Å². The zero-order valence-electron chi connectivity index (χ0n) is 21.1. The monoisotopic (exact) mass is 523 g/mol. The summed E-state index contributed by atoms with van der Waals surface area (Å²) in [5, 5.41) is 30.8. The number of aromatic hydroxyl groups is 1.